The fourth-order valence-corrected chi connectivity index (χ4v) is 2.27. The molecule has 0 spiro atoms. The van der Waals surface area contributed by atoms with E-state index in [0.29, 0.717) is 0 Å². The molecule has 19 heavy (non-hydrogen) atoms. The lowest BCUT2D eigenvalue weighted by atomic mass is 9.95. The highest BCUT2D eigenvalue weighted by Crippen LogP contribution is 2.25. The van der Waals surface area contributed by atoms with E-state index in [1.54, 1.807) is 6.07 Å². The van der Waals surface area contributed by atoms with Gasteiger partial charge in [-0.15, -0.1) is 0 Å². The number of aromatic nitrogens is 1. The molecule has 0 amide bonds. The van der Waals surface area contributed by atoms with E-state index in [0.717, 1.165) is 28.8 Å². The summed E-state index contributed by atoms with van der Waals surface area (Å²) in [6.07, 6.45) is 3.66. The van der Waals surface area contributed by atoms with Gasteiger partial charge in [-0.2, -0.15) is 0 Å². The van der Waals surface area contributed by atoms with Crippen LogP contribution in [0.3, 0.4) is 0 Å². The Morgan fingerprint density at radius 1 is 1.21 bits per heavy atom. The topological polar surface area (TPSA) is 24.9 Å². The number of nitrogens with one attached hydrogen (secondary N) is 1. The summed E-state index contributed by atoms with van der Waals surface area (Å²) in [5.74, 6) is -0.205. The summed E-state index contributed by atoms with van der Waals surface area (Å²) >= 11 is 0. The molecule has 1 N–H and O–H groups in total. The van der Waals surface area contributed by atoms with E-state index < -0.39 is 0 Å². The van der Waals surface area contributed by atoms with Gasteiger partial charge < -0.3 is 5.32 Å². The van der Waals surface area contributed by atoms with Crippen LogP contribution in [0.4, 0.5) is 4.39 Å². The molecule has 1 aromatic carbocycles. The number of hydrogen-bond acceptors (Lipinski definition) is 2. The van der Waals surface area contributed by atoms with Gasteiger partial charge in [-0.3, -0.25) is 4.98 Å². The molecule has 2 nitrogen and oxygen atoms in total. The average molecular weight is 258 g/mol. The molecule has 1 aromatic heterocycles. The zero-order valence-corrected chi connectivity index (χ0v) is 11.6. The second kappa shape index (κ2) is 5.93. The molecule has 1 unspecified atom stereocenters. The predicted molar refractivity (Wildman–Crippen MR) is 75.6 cm³/mol. The van der Waals surface area contributed by atoms with Gasteiger partial charge in [0, 0.05) is 12.4 Å². The van der Waals surface area contributed by atoms with E-state index in [1.807, 2.05) is 39.2 Å². The molecule has 0 saturated heterocycles. The molecule has 0 bridgehead atoms. The highest BCUT2D eigenvalue weighted by atomic mass is 19.1. The van der Waals surface area contributed by atoms with Crippen molar-refractivity contribution in [3.63, 3.8) is 0 Å². The third-order valence-corrected chi connectivity index (χ3v) is 3.19. The van der Waals surface area contributed by atoms with Gasteiger partial charge in [0.15, 0.2) is 0 Å². The SMILES string of the molecule is CCNC(c1cncc(C)c1)c1cc(F)ccc1C. The van der Waals surface area contributed by atoms with Crippen molar-refractivity contribution in [1.82, 2.24) is 10.3 Å². The maximum Gasteiger partial charge on any atom is 0.123 e. The van der Waals surface area contributed by atoms with Gasteiger partial charge >= 0.3 is 0 Å². The molecule has 0 radical (unpaired) electrons. The number of aryl methyl sites for hydroxylation is 2. The Morgan fingerprint density at radius 3 is 2.68 bits per heavy atom. The van der Waals surface area contributed by atoms with Crippen LogP contribution in [-0.4, -0.2) is 11.5 Å². The van der Waals surface area contributed by atoms with Gasteiger partial charge in [0.1, 0.15) is 5.82 Å². The lowest BCUT2D eigenvalue weighted by molar-refractivity contribution is 0.599. The van der Waals surface area contributed by atoms with E-state index in [-0.39, 0.29) is 11.9 Å². The summed E-state index contributed by atoms with van der Waals surface area (Å²) in [7, 11) is 0. The van der Waals surface area contributed by atoms with E-state index in [2.05, 4.69) is 16.4 Å². The number of hydrogen-bond donors (Lipinski definition) is 1. The van der Waals surface area contributed by atoms with Gasteiger partial charge in [-0.1, -0.05) is 19.1 Å². The third kappa shape index (κ3) is 3.18. The van der Waals surface area contributed by atoms with Gasteiger partial charge in [0.25, 0.3) is 0 Å². The highest BCUT2D eigenvalue weighted by Gasteiger charge is 2.16. The number of pyridine rings is 1. The van der Waals surface area contributed by atoms with Crippen molar-refractivity contribution in [3.8, 4) is 0 Å². The Labute approximate surface area is 113 Å². The second-order valence-corrected chi connectivity index (χ2v) is 4.79. The van der Waals surface area contributed by atoms with Crippen molar-refractivity contribution < 1.29 is 4.39 Å². The number of halogens is 1. The molecular weight excluding hydrogens is 239 g/mol. The molecule has 0 aliphatic rings. The molecule has 3 heteroatoms. The van der Waals surface area contributed by atoms with Crippen LogP contribution in [0.25, 0.3) is 0 Å². The van der Waals surface area contributed by atoms with Crippen molar-refractivity contribution in [3.05, 3.63) is 64.7 Å². The predicted octanol–water partition coefficient (Wildman–Crippen LogP) is 3.54. The summed E-state index contributed by atoms with van der Waals surface area (Å²) in [5.41, 5.74) is 4.22. The average Bonchev–Trinajstić information content (AvgIpc) is 2.39. The first-order valence-corrected chi connectivity index (χ1v) is 6.52. The van der Waals surface area contributed by atoms with Crippen LogP contribution in [0.15, 0.2) is 36.7 Å². The van der Waals surface area contributed by atoms with Crippen molar-refractivity contribution in [2.24, 2.45) is 0 Å². The minimum absolute atomic E-state index is 0.0203. The van der Waals surface area contributed by atoms with Gasteiger partial charge in [-0.05, 0) is 54.8 Å². The maximum atomic E-state index is 13.5. The largest absolute Gasteiger partial charge is 0.306 e. The van der Waals surface area contributed by atoms with Crippen molar-refractivity contribution >= 4 is 0 Å². The Kier molecular flexibility index (Phi) is 4.27. The van der Waals surface area contributed by atoms with Gasteiger partial charge in [-0.25, -0.2) is 4.39 Å². The zero-order valence-electron chi connectivity index (χ0n) is 11.6. The van der Waals surface area contributed by atoms with Crippen LogP contribution < -0.4 is 5.32 Å². The Hall–Kier alpha value is -1.74. The lowest BCUT2D eigenvalue weighted by Gasteiger charge is -2.21. The smallest absolute Gasteiger partial charge is 0.123 e. The normalized spacial score (nSPS) is 12.4. The third-order valence-electron chi connectivity index (χ3n) is 3.19. The molecule has 1 heterocycles. The first kappa shape index (κ1) is 13.7. The minimum atomic E-state index is -0.205. The standard InChI is InChI=1S/C16H19FN2/c1-4-19-16(13-7-11(2)9-18-10-13)15-8-14(17)6-5-12(15)3/h5-10,16,19H,4H2,1-3H3. The number of rotatable bonds is 4. The van der Waals surface area contributed by atoms with Crippen molar-refractivity contribution in [2.75, 3.05) is 6.54 Å². The van der Waals surface area contributed by atoms with Crippen molar-refractivity contribution in [2.45, 2.75) is 26.8 Å². The molecule has 0 aliphatic carbocycles. The lowest BCUT2D eigenvalue weighted by Crippen LogP contribution is -2.23. The second-order valence-electron chi connectivity index (χ2n) is 4.79. The van der Waals surface area contributed by atoms with Crippen LogP contribution in [0.2, 0.25) is 0 Å². The Morgan fingerprint density at radius 2 is 2.00 bits per heavy atom. The Bertz CT molecular complexity index is 566. The van der Waals surface area contributed by atoms with E-state index in [4.69, 9.17) is 0 Å². The number of benzene rings is 1. The molecule has 0 saturated carbocycles. The maximum absolute atomic E-state index is 13.5. The zero-order chi connectivity index (χ0) is 13.8. The fraction of sp³-hybridized carbons (Fsp3) is 0.312. The van der Waals surface area contributed by atoms with Gasteiger partial charge in [0.2, 0.25) is 0 Å². The van der Waals surface area contributed by atoms with Crippen LogP contribution in [-0.2, 0) is 0 Å². The van der Waals surface area contributed by atoms with Crippen LogP contribution >= 0.6 is 0 Å². The monoisotopic (exact) mass is 258 g/mol. The van der Waals surface area contributed by atoms with E-state index in [1.165, 1.54) is 6.07 Å². The summed E-state index contributed by atoms with van der Waals surface area (Å²) in [6.45, 7) is 6.87. The van der Waals surface area contributed by atoms with E-state index >= 15 is 0 Å². The van der Waals surface area contributed by atoms with E-state index in [9.17, 15) is 4.39 Å². The molecule has 0 fully saturated rings. The minimum Gasteiger partial charge on any atom is -0.306 e. The molecule has 0 aliphatic heterocycles. The quantitative estimate of drug-likeness (QED) is 0.907. The summed E-state index contributed by atoms with van der Waals surface area (Å²) in [6, 6.07) is 6.98. The van der Waals surface area contributed by atoms with Crippen molar-refractivity contribution in [1.29, 1.82) is 0 Å². The fourth-order valence-electron chi connectivity index (χ4n) is 2.27. The molecular formula is C16H19FN2. The molecule has 1 atom stereocenters. The van der Waals surface area contributed by atoms with Crippen LogP contribution in [0.1, 0.15) is 35.2 Å². The number of nitrogens with zero attached hydrogens (tertiary/aromatic N) is 1. The molecule has 2 aromatic rings. The van der Waals surface area contributed by atoms with Crippen LogP contribution in [0.5, 0.6) is 0 Å². The molecule has 2 rings (SSSR count). The van der Waals surface area contributed by atoms with Crippen LogP contribution in [0, 0.1) is 19.7 Å². The first-order chi connectivity index (χ1) is 9.11. The highest BCUT2D eigenvalue weighted by molar-refractivity contribution is 5.37. The first-order valence-electron chi connectivity index (χ1n) is 6.52. The summed E-state index contributed by atoms with van der Waals surface area (Å²) in [5, 5.41) is 3.40. The van der Waals surface area contributed by atoms with Gasteiger partial charge in [0.05, 0.1) is 6.04 Å². The Balaban J connectivity index is 2.48. The summed E-state index contributed by atoms with van der Waals surface area (Å²) < 4.78 is 13.5. The summed E-state index contributed by atoms with van der Waals surface area (Å²) in [4.78, 5) is 4.23. The molecule has 100 valence electrons.